The molecule has 144 valence electrons. The van der Waals surface area contributed by atoms with Crippen molar-refractivity contribution in [2.45, 2.75) is 51.6 Å². The third kappa shape index (κ3) is 2.10. The molecule has 4 aliphatic rings. The van der Waals surface area contributed by atoms with Gasteiger partial charge in [0.05, 0.1) is 0 Å². The fraction of sp³-hybridized carbons (Fsp3) is 0.619. The van der Waals surface area contributed by atoms with Gasteiger partial charge in [-0.25, -0.2) is 9.18 Å². The van der Waals surface area contributed by atoms with Gasteiger partial charge in [-0.05, 0) is 56.1 Å². The number of carboxylic acid groups (broad SMARTS) is 1. The van der Waals surface area contributed by atoms with Crippen molar-refractivity contribution in [1.82, 2.24) is 0 Å². The molecule has 0 unspecified atom stereocenters. The number of alkyl halides is 1. The maximum absolute atomic E-state index is 16.6. The molecule has 27 heavy (non-hydrogen) atoms. The van der Waals surface area contributed by atoms with E-state index in [2.05, 4.69) is 0 Å². The first-order valence-electron chi connectivity index (χ1n) is 9.49. The summed E-state index contributed by atoms with van der Waals surface area (Å²) in [4.78, 5) is 48.4. The predicted molar refractivity (Wildman–Crippen MR) is 93.5 cm³/mol. The van der Waals surface area contributed by atoms with Crippen molar-refractivity contribution in [2.24, 2.45) is 28.6 Å². The molecule has 3 fully saturated rings. The summed E-state index contributed by atoms with van der Waals surface area (Å²) in [6.07, 6.45) is 6.05. The molecule has 6 atom stereocenters. The van der Waals surface area contributed by atoms with Crippen LogP contribution in [0.2, 0.25) is 0 Å². The molecule has 4 aliphatic carbocycles. The minimum atomic E-state index is -2.13. The molecule has 0 aromatic heterocycles. The number of hydrogen-bond acceptors (Lipinski definition) is 4. The molecule has 6 heteroatoms. The second kappa shape index (κ2) is 5.46. The summed E-state index contributed by atoms with van der Waals surface area (Å²) in [5, 5.41) is 9.16. The Morgan fingerprint density at radius 1 is 1.15 bits per heavy atom. The number of halogens is 1. The highest BCUT2D eigenvalue weighted by Gasteiger charge is 2.71. The van der Waals surface area contributed by atoms with Gasteiger partial charge < -0.3 is 5.11 Å². The molecular weight excluding hydrogens is 351 g/mol. The molecule has 0 heterocycles. The Kier molecular flexibility index (Phi) is 3.69. The molecule has 3 saturated carbocycles. The van der Waals surface area contributed by atoms with E-state index in [9.17, 15) is 19.2 Å². The molecule has 0 radical (unpaired) electrons. The largest absolute Gasteiger partial charge is 0.475 e. The molecule has 0 aromatic rings. The van der Waals surface area contributed by atoms with E-state index in [1.165, 1.54) is 18.2 Å². The third-order valence-corrected chi connectivity index (χ3v) is 7.93. The second-order valence-electron chi connectivity index (χ2n) is 8.98. The first-order chi connectivity index (χ1) is 12.6. The van der Waals surface area contributed by atoms with Crippen LogP contribution in [0.15, 0.2) is 23.8 Å². The number of carboxylic acids is 1. The lowest BCUT2D eigenvalue weighted by Gasteiger charge is -2.58. The normalized spacial score (nSPS) is 45.6. The van der Waals surface area contributed by atoms with Gasteiger partial charge >= 0.3 is 5.97 Å². The Bertz CT molecular complexity index is 842. The van der Waals surface area contributed by atoms with Gasteiger partial charge in [0.1, 0.15) is 0 Å². The first kappa shape index (κ1) is 18.3. The summed E-state index contributed by atoms with van der Waals surface area (Å²) in [6, 6.07) is 0. The summed E-state index contributed by atoms with van der Waals surface area (Å²) < 4.78 is 16.6. The van der Waals surface area contributed by atoms with E-state index >= 15 is 4.39 Å². The van der Waals surface area contributed by atoms with Crippen LogP contribution in [0.3, 0.4) is 0 Å². The minimum absolute atomic E-state index is 0.140. The highest BCUT2D eigenvalue weighted by molar-refractivity contribution is 6.33. The van der Waals surface area contributed by atoms with E-state index in [1.807, 2.05) is 0 Å². The number of aliphatic carboxylic acids is 1. The molecular formula is C21H23FO5. The van der Waals surface area contributed by atoms with Crippen LogP contribution in [0, 0.1) is 28.6 Å². The molecule has 0 aromatic carbocycles. The van der Waals surface area contributed by atoms with Crippen molar-refractivity contribution >= 4 is 23.3 Å². The number of rotatable bonds is 2. The van der Waals surface area contributed by atoms with Crippen LogP contribution < -0.4 is 0 Å². The quantitative estimate of drug-likeness (QED) is 0.751. The number of fused-ring (bicyclic) bond motifs is 5. The zero-order valence-corrected chi connectivity index (χ0v) is 15.5. The van der Waals surface area contributed by atoms with Crippen molar-refractivity contribution in [3.63, 3.8) is 0 Å². The number of Topliss-reactive ketones (excluding diaryl/α,β-unsaturated/α-hetero) is 2. The molecule has 0 amide bonds. The number of ketones is 3. The Morgan fingerprint density at radius 2 is 1.85 bits per heavy atom. The van der Waals surface area contributed by atoms with E-state index in [0.29, 0.717) is 31.3 Å². The van der Waals surface area contributed by atoms with Crippen LogP contribution in [0.5, 0.6) is 0 Å². The molecule has 5 nitrogen and oxygen atoms in total. The van der Waals surface area contributed by atoms with Gasteiger partial charge in [0.2, 0.25) is 5.78 Å². The van der Waals surface area contributed by atoms with E-state index in [-0.39, 0.29) is 18.1 Å². The standard InChI is InChI=1S/C21H23FO5/c1-19-10-16(24)21(22)14(13(19)5-6-15(19)17(25)18(26)27)4-3-11-9-12(23)7-8-20(11,21)2/h7-9,13-15H,3-6,10H2,1-2H3,(H,26,27)/t13-,14-,15+,19-,20-,21-/m0/s1. The minimum Gasteiger partial charge on any atom is -0.475 e. The zero-order chi connectivity index (χ0) is 19.8. The molecule has 1 N–H and O–H groups in total. The van der Waals surface area contributed by atoms with Crippen molar-refractivity contribution in [1.29, 1.82) is 0 Å². The van der Waals surface area contributed by atoms with Gasteiger partial charge in [0.25, 0.3) is 0 Å². The van der Waals surface area contributed by atoms with Crippen LogP contribution >= 0.6 is 0 Å². The topological polar surface area (TPSA) is 88.5 Å². The number of allylic oxidation sites excluding steroid dienone is 4. The van der Waals surface area contributed by atoms with E-state index in [1.54, 1.807) is 13.8 Å². The number of hydrogen-bond donors (Lipinski definition) is 1. The Labute approximate surface area is 156 Å². The highest BCUT2D eigenvalue weighted by atomic mass is 19.1. The molecule has 4 rings (SSSR count). The lowest BCUT2D eigenvalue weighted by atomic mass is 9.45. The van der Waals surface area contributed by atoms with E-state index in [0.717, 1.165) is 0 Å². The summed E-state index contributed by atoms with van der Waals surface area (Å²) >= 11 is 0. The molecule has 0 bridgehead atoms. The highest BCUT2D eigenvalue weighted by Crippen LogP contribution is 2.67. The monoisotopic (exact) mass is 374 g/mol. The lowest BCUT2D eigenvalue weighted by Crippen LogP contribution is -2.65. The van der Waals surface area contributed by atoms with Crippen LogP contribution in [-0.4, -0.2) is 34.1 Å². The number of carbonyl (C=O) groups is 4. The Balaban J connectivity index is 1.79. The predicted octanol–water partition coefficient (Wildman–Crippen LogP) is 2.84. The average molecular weight is 374 g/mol. The van der Waals surface area contributed by atoms with Gasteiger partial charge in [0.15, 0.2) is 17.2 Å². The van der Waals surface area contributed by atoms with Crippen molar-refractivity contribution in [2.75, 3.05) is 0 Å². The van der Waals surface area contributed by atoms with E-state index in [4.69, 9.17) is 5.11 Å². The molecule has 0 aliphatic heterocycles. The van der Waals surface area contributed by atoms with Gasteiger partial charge in [-0.2, -0.15) is 0 Å². The van der Waals surface area contributed by atoms with E-state index < -0.39 is 45.9 Å². The smallest absolute Gasteiger partial charge is 0.372 e. The fourth-order valence-corrected chi connectivity index (χ4v) is 6.52. The number of carbonyl (C=O) groups excluding carboxylic acids is 3. The van der Waals surface area contributed by atoms with Gasteiger partial charge in [-0.1, -0.05) is 18.6 Å². The molecule has 0 spiro atoms. The first-order valence-corrected chi connectivity index (χ1v) is 9.49. The molecule has 0 saturated heterocycles. The van der Waals surface area contributed by atoms with Crippen LogP contribution in [-0.2, 0) is 19.2 Å². The van der Waals surface area contributed by atoms with Gasteiger partial charge in [0, 0.05) is 23.7 Å². The maximum atomic E-state index is 16.6. The van der Waals surface area contributed by atoms with Crippen molar-refractivity contribution in [3.8, 4) is 0 Å². The lowest BCUT2D eigenvalue weighted by molar-refractivity contribution is -0.169. The SMILES string of the molecule is C[C@]12CC(=O)[C@@]3(F)[C@@H](CCC4=CC(=O)C=C[C@@]43C)[C@@H]1CC[C@@H]2C(=O)C(=O)O. The summed E-state index contributed by atoms with van der Waals surface area (Å²) in [5.74, 6) is -4.66. The Hall–Kier alpha value is -2.11. The second-order valence-corrected chi connectivity index (χ2v) is 8.98. The Morgan fingerprint density at radius 3 is 2.52 bits per heavy atom. The average Bonchev–Trinajstić information content (AvgIpc) is 2.93. The fourth-order valence-electron chi connectivity index (χ4n) is 6.52. The van der Waals surface area contributed by atoms with Crippen molar-refractivity contribution in [3.05, 3.63) is 23.8 Å². The van der Waals surface area contributed by atoms with Crippen LogP contribution in [0.25, 0.3) is 0 Å². The maximum Gasteiger partial charge on any atom is 0.372 e. The third-order valence-electron chi connectivity index (χ3n) is 7.93. The summed E-state index contributed by atoms with van der Waals surface area (Å²) in [7, 11) is 0. The van der Waals surface area contributed by atoms with Gasteiger partial charge in [-0.15, -0.1) is 0 Å². The zero-order valence-electron chi connectivity index (χ0n) is 15.5. The van der Waals surface area contributed by atoms with Crippen LogP contribution in [0.4, 0.5) is 4.39 Å². The summed E-state index contributed by atoms with van der Waals surface area (Å²) in [5.41, 5.74) is -3.45. The van der Waals surface area contributed by atoms with Crippen LogP contribution in [0.1, 0.15) is 46.0 Å². The summed E-state index contributed by atoms with van der Waals surface area (Å²) in [6.45, 7) is 3.46. The van der Waals surface area contributed by atoms with Crippen molar-refractivity contribution < 1.29 is 28.7 Å². The van der Waals surface area contributed by atoms with Gasteiger partial charge in [-0.3, -0.25) is 14.4 Å².